The summed E-state index contributed by atoms with van der Waals surface area (Å²) in [6.45, 7) is 3.48. The van der Waals surface area contributed by atoms with Crippen molar-refractivity contribution in [3.63, 3.8) is 0 Å². The Balaban J connectivity index is 2.15. The zero-order chi connectivity index (χ0) is 13.1. The number of nitrogens with zero attached hydrogens (tertiary/aromatic N) is 2. The minimum Gasteiger partial charge on any atom is -0.409 e. The van der Waals surface area contributed by atoms with E-state index < -0.39 is 0 Å². The second-order valence-corrected chi connectivity index (χ2v) is 4.72. The van der Waals surface area contributed by atoms with Crippen LogP contribution in [0.25, 0.3) is 0 Å². The van der Waals surface area contributed by atoms with Crippen LogP contribution in [-0.2, 0) is 6.54 Å². The number of hydrogen-bond donors (Lipinski definition) is 2. The van der Waals surface area contributed by atoms with E-state index in [1.807, 2.05) is 6.92 Å². The summed E-state index contributed by atoms with van der Waals surface area (Å²) in [5.41, 5.74) is 7.68. The van der Waals surface area contributed by atoms with Crippen LogP contribution in [0.2, 0.25) is 0 Å². The van der Waals surface area contributed by atoms with Gasteiger partial charge >= 0.3 is 0 Å². The number of likely N-dealkylation sites (tertiary alicyclic amines) is 1. The molecule has 18 heavy (non-hydrogen) atoms. The molecule has 2 rings (SSSR count). The monoisotopic (exact) mass is 251 g/mol. The molecule has 0 aromatic heterocycles. The average molecular weight is 251 g/mol. The highest BCUT2D eigenvalue weighted by molar-refractivity contribution is 5.85. The van der Waals surface area contributed by atoms with Crippen molar-refractivity contribution in [2.75, 3.05) is 6.54 Å². The second kappa shape index (κ2) is 5.35. The lowest BCUT2D eigenvalue weighted by Gasteiger charge is -2.24. The van der Waals surface area contributed by atoms with E-state index in [-0.39, 0.29) is 17.7 Å². The fraction of sp³-hybridized carbons (Fsp3) is 0.462. The molecule has 0 amide bonds. The molecule has 1 unspecified atom stereocenters. The van der Waals surface area contributed by atoms with E-state index >= 15 is 0 Å². The number of oxime groups is 1. The second-order valence-electron chi connectivity index (χ2n) is 4.72. The molecule has 98 valence electrons. The Morgan fingerprint density at radius 3 is 3.11 bits per heavy atom. The molecule has 0 aliphatic carbocycles. The molecule has 3 N–H and O–H groups in total. The number of rotatable bonds is 3. The molecule has 4 nitrogen and oxygen atoms in total. The molecule has 0 spiro atoms. The lowest BCUT2D eigenvalue weighted by atomic mass is 10.1. The molecule has 0 radical (unpaired) electrons. The molecule has 1 atom stereocenters. The maximum atomic E-state index is 13.2. The van der Waals surface area contributed by atoms with Crippen LogP contribution in [0.15, 0.2) is 23.4 Å². The van der Waals surface area contributed by atoms with Gasteiger partial charge in [-0.15, -0.1) is 0 Å². The molecule has 0 saturated carbocycles. The van der Waals surface area contributed by atoms with Crippen LogP contribution in [0.3, 0.4) is 0 Å². The van der Waals surface area contributed by atoms with Crippen LogP contribution < -0.4 is 5.73 Å². The number of halogens is 1. The third-order valence-electron chi connectivity index (χ3n) is 3.51. The smallest absolute Gasteiger partial charge is 0.156 e. The predicted octanol–water partition coefficient (Wildman–Crippen LogP) is 1.84. The summed E-state index contributed by atoms with van der Waals surface area (Å²) in [5, 5.41) is 11.8. The summed E-state index contributed by atoms with van der Waals surface area (Å²) in [4.78, 5) is 2.12. The maximum absolute atomic E-state index is 13.2. The Labute approximate surface area is 106 Å². The minimum absolute atomic E-state index is 0.0438. The Hall–Kier alpha value is -1.62. The van der Waals surface area contributed by atoms with Crippen molar-refractivity contribution in [1.29, 1.82) is 0 Å². The van der Waals surface area contributed by atoms with Crippen LogP contribution in [0.5, 0.6) is 0 Å². The molecule has 1 heterocycles. The Kier molecular flexibility index (Phi) is 3.81. The molecule has 0 bridgehead atoms. The van der Waals surface area contributed by atoms with Crippen molar-refractivity contribution in [3.8, 4) is 0 Å². The van der Waals surface area contributed by atoms with E-state index in [4.69, 9.17) is 10.9 Å². The van der Waals surface area contributed by atoms with Crippen LogP contribution >= 0.6 is 0 Å². The van der Waals surface area contributed by atoms with Crippen LogP contribution in [0, 0.1) is 12.7 Å². The van der Waals surface area contributed by atoms with E-state index in [0.29, 0.717) is 6.54 Å². The van der Waals surface area contributed by atoms with Crippen molar-refractivity contribution in [2.45, 2.75) is 32.4 Å². The average Bonchev–Trinajstić information content (AvgIpc) is 2.81. The molecule has 1 saturated heterocycles. The first-order chi connectivity index (χ1) is 8.61. The van der Waals surface area contributed by atoms with E-state index in [9.17, 15) is 4.39 Å². The van der Waals surface area contributed by atoms with Crippen molar-refractivity contribution >= 4 is 5.84 Å². The third kappa shape index (κ3) is 2.61. The van der Waals surface area contributed by atoms with Gasteiger partial charge in [0.25, 0.3) is 0 Å². The fourth-order valence-corrected chi connectivity index (χ4v) is 2.45. The quantitative estimate of drug-likeness (QED) is 0.373. The summed E-state index contributed by atoms with van der Waals surface area (Å²) in [7, 11) is 0. The van der Waals surface area contributed by atoms with E-state index in [2.05, 4.69) is 10.1 Å². The molecule has 1 aromatic carbocycles. The lowest BCUT2D eigenvalue weighted by Crippen LogP contribution is -2.40. The van der Waals surface area contributed by atoms with Crippen LogP contribution in [-0.4, -0.2) is 28.5 Å². The van der Waals surface area contributed by atoms with E-state index in [1.165, 1.54) is 6.07 Å². The molecule has 1 aromatic rings. The topological polar surface area (TPSA) is 61.8 Å². The SMILES string of the molecule is Cc1ccc(F)cc1CN1CCCC1/C(N)=N/O. The van der Waals surface area contributed by atoms with Gasteiger partial charge < -0.3 is 10.9 Å². The molecule has 5 heteroatoms. The first kappa shape index (κ1) is 12.8. The molecule has 1 aliphatic heterocycles. The van der Waals surface area contributed by atoms with Gasteiger partial charge in [0.05, 0.1) is 6.04 Å². The van der Waals surface area contributed by atoms with Gasteiger partial charge in [0.2, 0.25) is 0 Å². The maximum Gasteiger partial charge on any atom is 0.156 e. The molecule has 1 aliphatic rings. The Bertz CT molecular complexity index is 462. The standard InChI is InChI=1S/C13H18FN3O/c1-9-4-5-11(14)7-10(9)8-17-6-2-3-12(17)13(15)16-18/h4-5,7,12,18H,2-3,6,8H2,1H3,(H2,15,16). The van der Waals surface area contributed by atoms with Gasteiger partial charge in [0.1, 0.15) is 5.82 Å². The highest BCUT2D eigenvalue weighted by Crippen LogP contribution is 2.22. The number of nitrogens with two attached hydrogens (primary N) is 1. The Morgan fingerprint density at radius 2 is 2.39 bits per heavy atom. The fourth-order valence-electron chi connectivity index (χ4n) is 2.45. The van der Waals surface area contributed by atoms with Crippen molar-refractivity contribution in [3.05, 3.63) is 35.1 Å². The summed E-state index contributed by atoms with van der Waals surface area (Å²) in [5.74, 6) is 0.0108. The zero-order valence-electron chi connectivity index (χ0n) is 10.4. The first-order valence-electron chi connectivity index (χ1n) is 6.08. The first-order valence-corrected chi connectivity index (χ1v) is 6.08. The predicted molar refractivity (Wildman–Crippen MR) is 68.0 cm³/mol. The van der Waals surface area contributed by atoms with Crippen molar-refractivity contribution in [1.82, 2.24) is 4.90 Å². The molecule has 1 fully saturated rings. The Morgan fingerprint density at radius 1 is 1.61 bits per heavy atom. The van der Waals surface area contributed by atoms with Gasteiger partial charge in [-0.1, -0.05) is 11.2 Å². The van der Waals surface area contributed by atoms with Gasteiger partial charge in [0, 0.05) is 6.54 Å². The number of hydrogen-bond acceptors (Lipinski definition) is 3. The van der Waals surface area contributed by atoms with Crippen LogP contribution in [0.1, 0.15) is 24.0 Å². The van der Waals surface area contributed by atoms with E-state index in [1.54, 1.807) is 12.1 Å². The molecular formula is C13H18FN3O. The summed E-state index contributed by atoms with van der Waals surface area (Å²) >= 11 is 0. The van der Waals surface area contributed by atoms with Crippen molar-refractivity contribution < 1.29 is 9.60 Å². The number of benzene rings is 1. The summed E-state index contributed by atoms with van der Waals surface area (Å²) in [6, 6.07) is 4.75. The largest absolute Gasteiger partial charge is 0.409 e. The van der Waals surface area contributed by atoms with Gasteiger partial charge in [0.15, 0.2) is 5.84 Å². The van der Waals surface area contributed by atoms with Gasteiger partial charge in [-0.3, -0.25) is 4.90 Å². The number of amidine groups is 1. The highest BCUT2D eigenvalue weighted by atomic mass is 19.1. The lowest BCUT2D eigenvalue weighted by molar-refractivity contribution is 0.274. The number of aryl methyl sites for hydroxylation is 1. The van der Waals surface area contributed by atoms with Crippen LogP contribution in [0.4, 0.5) is 4.39 Å². The zero-order valence-corrected chi connectivity index (χ0v) is 10.4. The third-order valence-corrected chi connectivity index (χ3v) is 3.51. The summed E-state index contributed by atoms with van der Waals surface area (Å²) < 4.78 is 13.2. The molecular weight excluding hydrogens is 233 g/mol. The highest BCUT2D eigenvalue weighted by Gasteiger charge is 2.28. The summed E-state index contributed by atoms with van der Waals surface area (Å²) in [6.07, 6.45) is 1.89. The van der Waals surface area contributed by atoms with Gasteiger partial charge in [-0.25, -0.2) is 4.39 Å². The minimum atomic E-state index is -0.227. The normalized spacial score (nSPS) is 21.4. The van der Waals surface area contributed by atoms with E-state index in [0.717, 1.165) is 30.5 Å². The van der Waals surface area contributed by atoms with Gasteiger partial charge in [-0.05, 0) is 49.6 Å². The van der Waals surface area contributed by atoms with Gasteiger partial charge in [-0.2, -0.15) is 0 Å². The van der Waals surface area contributed by atoms with Crippen molar-refractivity contribution in [2.24, 2.45) is 10.9 Å².